The van der Waals surface area contributed by atoms with Crippen LogP contribution in [-0.2, 0) is 9.53 Å². The molecule has 86 valence electrons. The minimum Gasteiger partial charge on any atom is -0.383 e. The lowest BCUT2D eigenvalue weighted by Gasteiger charge is -2.30. The van der Waals surface area contributed by atoms with Crippen molar-refractivity contribution >= 4 is 17.3 Å². The number of fused-ring (bicyclic) bond motifs is 1. The van der Waals surface area contributed by atoms with E-state index in [1.807, 2.05) is 0 Å². The van der Waals surface area contributed by atoms with E-state index in [4.69, 9.17) is 4.74 Å². The molecule has 1 amide bonds. The molecule has 1 aromatic rings. The first-order valence-corrected chi connectivity index (χ1v) is 5.05. The second kappa shape index (κ2) is 4.49. The molecule has 0 atom stereocenters. The maximum absolute atomic E-state index is 13.5. The van der Waals surface area contributed by atoms with Crippen molar-refractivity contribution in [3.8, 4) is 0 Å². The second-order valence-corrected chi connectivity index (χ2v) is 3.53. The molecule has 0 aromatic heterocycles. The Bertz CT molecular complexity index is 409. The highest BCUT2D eigenvalue weighted by Gasteiger charge is 2.25. The van der Waals surface area contributed by atoms with Crippen LogP contribution in [0.4, 0.5) is 15.8 Å². The quantitative estimate of drug-likeness (QED) is 0.839. The lowest BCUT2D eigenvalue weighted by Crippen LogP contribution is -2.42. The van der Waals surface area contributed by atoms with Crippen molar-refractivity contribution in [2.75, 3.05) is 37.0 Å². The van der Waals surface area contributed by atoms with Gasteiger partial charge in [0.15, 0.2) is 0 Å². The molecule has 0 bridgehead atoms. The number of anilines is 2. The van der Waals surface area contributed by atoms with Crippen molar-refractivity contribution in [1.82, 2.24) is 0 Å². The highest BCUT2D eigenvalue weighted by Crippen LogP contribution is 2.31. The summed E-state index contributed by atoms with van der Waals surface area (Å²) in [4.78, 5) is 13.2. The van der Waals surface area contributed by atoms with E-state index in [1.54, 1.807) is 24.1 Å². The number of hydrogen-bond donors (Lipinski definition) is 1. The van der Waals surface area contributed by atoms with Gasteiger partial charge in [-0.2, -0.15) is 0 Å². The topological polar surface area (TPSA) is 41.6 Å². The molecular formula is C11H13FN2O2. The van der Waals surface area contributed by atoms with Gasteiger partial charge in [0.2, 0.25) is 5.91 Å². The van der Waals surface area contributed by atoms with Crippen LogP contribution in [0.15, 0.2) is 18.2 Å². The molecule has 0 saturated carbocycles. The average Bonchev–Trinajstić information content (AvgIpc) is 2.28. The molecule has 0 spiro atoms. The van der Waals surface area contributed by atoms with Gasteiger partial charge in [0.25, 0.3) is 0 Å². The van der Waals surface area contributed by atoms with E-state index in [2.05, 4.69) is 5.32 Å². The summed E-state index contributed by atoms with van der Waals surface area (Å²) in [5, 5.41) is 2.78. The van der Waals surface area contributed by atoms with E-state index in [0.29, 0.717) is 24.5 Å². The number of methoxy groups -OCH3 is 1. The predicted molar refractivity (Wildman–Crippen MR) is 59.1 cm³/mol. The van der Waals surface area contributed by atoms with E-state index >= 15 is 0 Å². The Balaban J connectivity index is 2.32. The molecule has 0 unspecified atom stereocenters. The summed E-state index contributed by atoms with van der Waals surface area (Å²) < 4.78 is 18.4. The van der Waals surface area contributed by atoms with Crippen LogP contribution in [0.3, 0.4) is 0 Å². The van der Waals surface area contributed by atoms with Crippen molar-refractivity contribution in [3.63, 3.8) is 0 Å². The van der Waals surface area contributed by atoms with Crippen LogP contribution < -0.4 is 10.2 Å². The van der Waals surface area contributed by atoms with Gasteiger partial charge in [0.05, 0.1) is 24.5 Å². The van der Waals surface area contributed by atoms with Crippen LogP contribution in [0.2, 0.25) is 0 Å². The standard InChI is InChI=1S/C11H13FN2O2/c1-16-6-5-14-9-4-2-3-8(12)11(9)13-7-10(14)15/h2-4,13H,5-7H2,1H3. The maximum atomic E-state index is 13.5. The van der Waals surface area contributed by atoms with Gasteiger partial charge in [-0.25, -0.2) is 4.39 Å². The van der Waals surface area contributed by atoms with Crippen molar-refractivity contribution < 1.29 is 13.9 Å². The highest BCUT2D eigenvalue weighted by atomic mass is 19.1. The Hall–Kier alpha value is -1.62. The number of para-hydroxylation sites is 1. The highest BCUT2D eigenvalue weighted by molar-refractivity contribution is 6.02. The van der Waals surface area contributed by atoms with E-state index in [0.717, 1.165) is 0 Å². The molecule has 1 aromatic carbocycles. The molecular weight excluding hydrogens is 211 g/mol. The number of halogens is 1. The normalized spacial score (nSPS) is 14.6. The number of carbonyl (C=O) groups excluding carboxylic acids is 1. The van der Waals surface area contributed by atoms with Gasteiger partial charge >= 0.3 is 0 Å². The summed E-state index contributed by atoms with van der Waals surface area (Å²) in [6, 6.07) is 4.68. The van der Waals surface area contributed by atoms with Crippen molar-refractivity contribution in [2.24, 2.45) is 0 Å². The molecule has 16 heavy (non-hydrogen) atoms. The first-order chi connectivity index (χ1) is 7.74. The Morgan fingerprint density at radius 2 is 2.38 bits per heavy atom. The first kappa shape index (κ1) is 10.9. The smallest absolute Gasteiger partial charge is 0.246 e. The monoisotopic (exact) mass is 224 g/mol. The fourth-order valence-corrected chi connectivity index (χ4v) is 1.73. The molecule has 2 rings (SSSR count). The number of rotatable bonds is 3. The Morgan fingerprint density at radius 1 is 1.56 bits per heavy atom. The number of nitrogens with zero attached hydrogens (tertiary/aromatic N) is 1. The summed E-state index contributed by atoms with van der Waals surface area (Å²) in [7, 11) is 1.57. The molecule has 4 nitrogen and oxygen atoms in total. The van der Waals surface area contributed by atoms with Crippen molar-refractivity contribution in [3.05, 3.63) is 24.0 Å². The van der Waals surface area contributed by atoms with Crippen molar-refractivity contribution in [2.45, 2.75) is 0 Å². The number of amides is 1. The molecule has 0 fully saturated rings. The van der Waals surface area contributed by atoms with Crippen LogP contribution >= 0.6 is 0 Å². The molecule has 0 saturated heterocycles. The van der Waals surface area contributed by atoms with Gasteiger partial charge in [0.1, 0.15) is 5.82 Å². The minimum absolute atomic E-state index is 0.0739. The van der Waals surface area contributed by atoms with Crippen LogP contribution in [-0.4, -0.2) is 32.7 Å². The largest absolute Gasteiger partial charge is 0.383 e. The third-order valence-electron chi connectivity index (χ3n) is 2.52. The number of benzene rings is 1. The zero-order valence-corrected chi connectivity index (χ0v) is 9.00. The van der Waals surface area contributed by atoms with Gasteiger partial charge in [-0.15, -0.1) is 0 Å². The number of hydrogen-bond acceptors (Lipinski definition) is 3. The van der Waals surface area contributed by atoms with E-state index in [-0.39, 0.29) is 18.3 Å². The van der Waals surface area contributed by atoms with E-state index < -0.39 is 0 Å². The van der Waals surface area contributed by atoms with Gasteiger partial charge < -0.3 is 15.0 Å². The molecule has 0 radical (unpaired) electrons. The Morgan fingerprint density at radius 3 is 3.12 bits per heavy atom. The van der Waals surface area contributed by atoms with Crippen LogP contribution in [0, 0.1) is 5.82 Å². The number of ether oxygens (including phenoxy) is 1. The number of nitrogens with one attached hydrogen (secondary N) is 1. The van der Waals surface area contributed by atoms with Gasteiger partial charge in [-0.3, -0.25) is 4.79 Å². The Labute approximate surface area is 93.0 Å². The zero-order valence-electron chi connectivity index (χ0n) is 9.00. The lowest BCUT2D eigenvalue weighted by molar-refractivity contribution is -0.117. The van der Waals surface area contributed by atoms with E-state index in [1.165, 1.54) is 6.07 Å². The maximum Gasteiger partial charge on any atom is 0.246 e. The van der Waals surface area contributed by atoms with Gasteiger partial charge in [-0.05, 0) is 12.1 Å². The van der Waals surface area contributed by atoms with Crippen LogP contribution in [0.5, 0.6) is 0 Å². The third-order valence-corrected chi connectivity index (χ3v) is 2.52. The summed E-state index contributed by atoms with van der Waals surface area (Å²) in [6.07, 6.45) is 0. The molecule has 5 heteroatoms. The SMILES string of the molecule is COCCN1C(=O)CNc2c(F)cccc21. The summed E-state index contributed by atoms with van der Waals surface area (Å²) in [5.41, 5.74) is 0.964. The second-order valence-electron chi connectivity index (χ2n) is 3.53. The van der Waals surface area contributed by atoms with Crippen LogP contribution in [0.25, 0.3) is 0 Å². The fraction of sp³-hybridized carbons (Fsp3) is 0.364. The summed E-state index contributed by atoms with van der Waals surface area (Å²) >= 11 is 0. The van der Waals surface area contributed by atoms with Gasteiger partial charge in [-0.1, -0.05) is 6.07 Å². The van der Waals surface area contributed by atoms with Gasteiger partial charge in [0, 0.05) is 13.7 Å². The predicted octanol–water partition coefficient (Wildman–Crippen LogP) is 1.23. The molecule has 1 aliphatic heterocycles. The number of carbonyl (C=O) groups is 1. The summed E-state index contributed by atoms with van der Waals surface area (Å²) in [5.74, 6) is -0.414. The Kier molecular flexibility index (Phi) is 3.05. The lowest BCUT2D eigenvalue weighted by atomic mass is 10.2. The minimum atomic E-state index is -0.340. The fourth-order valence-electron chi connectivity index (χ4n) is 1.73. The molecule has 1 heterocycles. The molecule has 1 aliphatic rings. The zero-order chi connectivity index (χ0) is 11.5. The average molecular weight is 224 g/mol. The molecule has 1 N–H and O–H groups in total. The third kappa shape index (κ3) is 1.86. The van der Waals surface area contributed by atoms with E-state index in [9.17, 15) is 9.18 Å². The van der Waals surface area contributed by atoms with Crippen molar-refractivity contribution in [1.29, 1.82) is 0 Å². The first-order valence-electron chi connectivity index (χ1n) is 5.05. The van der Waals surface area contributed by atoms with Crippen LogP contribution in [0.1, 0.15) is 0 Å². The summed E-state index contributed by atoms with van der Waals surface area (Å²) in [6.45, 7) is 0.993. The molecule has 0 aliphatic carbocycles.